The molecule has 1 aromatic heterocycles. The van der Waals surface area contributed by atoms with Crippen molar-refractivity contribution in [2.75, 3.05) is 13.1 Å². The second kappa shape index (κ2) is 5.93. The van der Waals surface area contributed by atoms with Crippen molar-refractivity contribution in [2.45, 2.75) is 49.3 Å². The molecular weight excluding hydrogens is 291 g/mol. The normalized spacial score (nSPS) is 25.1. The van der Waals surface area contributed by atoms with Crippen molar-refractivity contribution in [1.82, 2.24) is 15.5 Å². The molecule has 8 heteroatoms. The van der Waals surface area contributed by atoms with Gasteiger partial charge in [-0.3, -0.25) is 0 Å². The van der Waals surface area contributed by atoms with E-state index in [1.54, 1.807) is 11.8 Å². The number of nitrogens with one attached hydrogen (secondary N) is 1. The SMILES string of the molecule is CCC(C)SCc1noc(C2(C(F)(F)F)CCNC2)n1. The molecule has 0 saturated carbocycles. The molecule has 114 valence electrons. The Morgan fingerprint density at radius 3 is 2.80 bits per heavy atom. The molecule has 1 aliphatic rings. The predicted molar refractivity (Wildman–Crippen MR) is 70.6 cm³/mol. The average Bonchev–Trinajstić information content (AvgIpc) is 3.03. The predicted octanol–water partition coefficient (Wildman–Crippen LogP) is 2.89. The van der Waals surface area contributed by atoms with Gasteiger partial charge in [0.1, 0.15) is 0 Å². The summed E-state index contributed by atoms with van der Waals surface area (Å²) in [7, 11) is 0. The van der Waals surface area contributed by atoms with E-state index in [9.17, 15) is 13.2 Å². The lowest BCUT2D eigenvalue weighted by atomic mass is 9.86. The summed E-state index contributed by atoms with van der Waals surface area (Å²) in [6, 6.07) is 0. The summed E-state index contributed by atoms with van der Waals surface area (Å²) < 4.78 is 44.8. The number of alkyl halides is 3. The van der Waals surface area contributed by atoms with E-state index in [2.05, 4.69) is 29.3 Å². The Morgan fingerprint density at radius 1 is 1.50 bits per heavy atom. The van der Waals surface area contributed by atoms with Crippen LogP contribution in [-0.4, -0.2) is 34.7 Å². The molecule has 1 N–H and O–H groups in total. The van der Waals surface area contributed by atoms with Gasteiger partial charge in [-0.15, -0.1) is 0 Å². The number of halogens is 3. The van der Waals surface area contributed by atoms with Crippen molar-refractivity contribution in [1.29, 1.82) is 0 Å². The first-order valence-electron chi connectivity index (χ1n) is 6.61. The fourth-order valence-corrected chi connectivity index (χ4v) is 2.87. The minimum atomic E-state index is -4.38. The van der Waals surface area contributed by atoms with E-state index in [1.165, 1.54) is 0 Å². The van der Waals surface area contributed by atoms with Crippen LogP contribution in [0.4, 0.5) is 13.2 Å². The fourth-order valence-electron chi connectivity index (χ4n) is 2.08. The highest BCUT2D eigenvalue weighted by molar-refractivity contribution is 7.99. The Balaban J connectivity index is 2.14. The first-order chi connectivity index (χ1) is 9.39. The van der Waals surface area contributed by atoms with Crippen molar-refractivity contribution >= 4 is 11.8 Å². The van der Waals surface area contributed by atoms with Crippen LogP contribution in [0.15, 0.2) is 4.52 Å². The van der Waals surface area contributed by atoms with Gasteiger partial charge >= 0.3 is 6.18 Å². The molecule has 2 rings (SSSR count). The van der Waals surface area contributed by atoms with E-state index in [0.717, 1.165) is 6.42 Å². The Hall–Kier alpha value is -0.760. The highest BCUT2D eigenvalue weighted by atomic mass is 32.2. The van der Waals surface area contributed by atoms with Crippen molar-refractivity contribution < 1.29 is 17.7 Å². The lowest BCUT2D eigenvalue weighted by molar-refractivity contribution is -0.191. The first kappa shape index (κ1) is 15.6. The molecule has 0 aliphatic carbocycles. The molecule has 2 atom stereocenters. The molecule has 0 spiro atoms. The van der Waals surface area contributed by atoms with Gasteiger partial charge in [0.15, 0.2) is 11.2 Å². The van der Waals surface area contributed by atoms with Gasteiger partial charge in [0, 0.05) is 11.8 Å². The fraction of sp³-hybridized carbons (Fsp3) is 0.833. The summed E-state index contributed by atoms with van der Waals surface area (Å²) in [5, 5.41) is 6.84. The summed E-state index contributed by atoms with van der Waals surface area (Å²) in [4.78, 5) is 3.98. The number of thioether (sulfide) groups is 1. The summed E-state index contributed by atoms with van der Waals surface area (Å²) in [5.41, 5.74) is -2.03. The number of hydrogen-bond acceptors (Lipinski definition) is 5. The van der Waals surface area contributed by atoms with Gasteiger partial charge in [0.2, 0.25) is 5.89 Å². The zero-order chi connectivity index (χ0) is 14.8. The molecular formula is C12H18F3N3OS. The molecule has 1 aliphatic heterocycles. The lowest BCUT2D eigenvalue weighted by Gasteiger charge is -2.26. The lowest BCUT2D eigenvalue weighted by Crippen LogP contribution is -2.44. The van der Waals surface area contributed by atoms with Crippen LogP contribution in [0.3, 0.4) is 0 Å². The third-order valence-corrected chi connectivity index (χ3v) is 4.97. The second-order valence-electron chi connectivity index (χ2n) is 5.05. The van der Waals surface area contributed by atoms with Gasteiger partial charge in [-0.05, 0) is 19.4 Å². The molecule has 0 aromatic carbocycles. The number of nitrogens with zero attached hydrogens (tertiary/aromatic N) is 2. The van der Waals surface area contributed by atoms with Crippen LogP contribution in [0.2, 0.25) is 0 Å². The average molecular weight is 309 g/mol. The molecule has 4 nitrogen and oxygen atoms in total. The Bertz CT molecular complexity index is 443. The van der Waals surface area contributed by atoms with Gasteiger partial charge in [-0.25, -0.2) is 0 Å². The zero-order valence-electron chi connectivity index (χ0n) is 11.5. The van der Waals surface area contributed by atoms with E-state index in [4.69, 9.17) is 4.52 Å². The minimum absolute atomic E-state index is 0.0589. The molecule has 2 heterocycles. The van der Waals surface area contributed by atoms with Crippen LogP contribution < -0.4 is 5.32 Å². The highest BCUT2D eigenvalue weighted by Crippen LogP contribution is 2.44. The van der Waals surface area contributed by atoms with Crippen molar-refractivity contribution in [3.63, 3.8) is 0 Å². The summed E-state index contributed by atoms with van der Waals surface area (Å²) in [6.45, 7) is 4.22. The van der Waals surface area contributed by atoms with Gasteiger partial charge in [-0.1, -0.05) is 19.0 Å². The number of hydrogen-bond donors (Lipinski definition) is 1. The molecule has 0 radical (unpaired) electrons. The number of aromatic nitrogens is 2. The Labute approximate surface area is 119 Å². The first-order valence-corrected chi connectivity index (χ1v) is 7.66. The van der Waals surface area contributed by atoms with E-state index in [0.29, 0.717) is 23.4 Å². The van der Waals surface area contributed by atoms with Crippen LogP contribution in [0, 0.1) is 0 Å². The molecule has 1 aromatic rings. The maximum atomic E-state index is 13.3. The van der Waals surface area contributed by atoms with Gasteiger partial charge in [-0.2, -0.15) is 29.9 Å². The topological polar surface area (TPSA) is 51.0 Å². The Kier molecular flexibility index (Phi) is 4.63. The summed E-state index contributed by atoms with van der Waals surface area (Å²) >= 11 is 1.61. The summed E-state index contributed by atoms with van der Waals surface area (Å²) in [6.07, 6.45) is -3.45. The van der Waals surface area contributed by atoms with Crippen molar-refractivity contribution in [3.8, 4) is 0 Å². The van der Waals surface area contributed by atoms with E-state index in [1.807, 2.05) is 0 Å². The zero-order valence-corrected chi connectivity index (χ0v) is 12.3. The monoisotopic (exact) mass is 309 g/mol. The molecule has 1 saturated heterocycles. The van der Waals surface area contributed by atoms with Crippen LogP contribution in [0.5, 0.6) is 0 Å². The maximum Gasteiger partial charge on any atom is 0.404 e. The van der Waals surface area contributed by atoms with Crippen molar-refractivity contribution in [2.24, 2.45) is 0 Å². The third-order valence-electron chi connectivity index (χ3n) is 3.65. The van der Waals surface area contributed by atoms with Crippen LogP contribution in [0.1, 0.15) is 38.4 Å². The van der Waals surface area contributed by atoms with E-state index in [-0.39, 0.29) is 18.9 Å². The molecule has 0 bridgehead atoms. The maximum absolute atomic E-state index is 13.3. The van der Waals surface area contributed by atoms with Crippen LogP contribution in [-0.2, 0) is 11.2 Å². The van der Waals surface area contributed by atoms with E-state index >= 15 is 0 Å². The minimum Gasteiger partial charge on any atom is -0.338 e. The summed E-state index contributed by atoms with van der Waals surface area (Å²) in [5.74, 6) is 0.496. The highest BCUT2D eigenvalue weighted by Gasteiger charge is 2.61. The number of rotatable bonds is 5. The van der Waals surface area contributed by atoms with Gasteiger partial charge < -0.3 is 9.84 Å². The Morgan fingerprint density at radius 2 is 2.25 bits per heavy atom. The molecule has 1 fully saturated rings. The third kappa shape index (κ3) is 2.95. The van der Waals surface area contributed by atoms with Crippen LogP contribution in [0.25, 0.3) is 0 Å². The second-order valence-corrected chi connectivity index (χ2v) is 6.48. The quantitative estimate of drug-likeness (QED) is 0.906. The van der Waals surface area contributed by atoms with Crippen LogP contribution >= 0.6 is 11.8 Å². The van der Waals surface area contributed by atoms with Gasteiger partial charge in [0.25, 0.3) is 0 Å². The largest absolute Gasteiger partial charge is 0.404 e. The van der Waals surface area contributed by atoms with E-state index < -0.39 is 11.6 Å². The standard InChI is InChI=1S/C12H18F3N3OS/c1-3-8(2)20-6-9-17-10(19-18-9)11(12(13,14)15)4-5-16-7-11/h8,16H,3-7H2,1-2H3. The van der Waals surface area contributed by atoms with Crippen molar-refractivity contribution in [3.05, 3.63) is 11.7 Å². The molecule has 0 amide bonds. The molecule has 2 unspecified atom stereocenters. The molecule has 20 heavy (non-hydrogen) atoms. The smallest absolute Gasteiger partial charge is 0.338 e. The van der Waals surface area contributed by atoms with Gasteiger partial charge in [0.05, 0.1) is 5.75 Å².